The number of carbonyl (C=O) groups excluding carboxylic acids is 1. The molecule has 1 amide bonds. The van der Waals surface area contributed by atoms with E-state index < -0.39 is 0 Å². The van der Waals surface area contributed by atoms with E-state index in [-0.39, 0.29) is 36.8 Å². The summed E-state index contributed by atoms with van der Waals surface area (Å²) in [7, 11) is 3.87. The molecule has 0 aromatic carbocycles. The van der Waals surface area contributed by atoms with Crippen LogP contribution in [0.3, 0.4) is 0 Å². The summed E-state index contributed by atoms with van der Waals surface area (Å²) in [6.07, 6.45) is 0. The number of amides is 1. The lowest BCUT2D eigenvalue weighted by molar-refractivity contribution is -0.136. The van der Waals surface area contributed by atoms with E-state index in [2.05, 4.69) is 5.32 Å². The molecule has 1 aliphatic heterocycles. The van der Waals surface area contributed by atoms with E-state index in [0.717, 1.165) is 26.2 Å². The first-order valence-electron chi connectivity index (χ1n) is 4.79. The van der Waals surface area contributed by atoms with Crippen molar-refractivity contribution in [1.29, 1.82) is 0 Å². The Balaban J connectivity index is 0. The summed E-state index contributed by atoms with van der Waals surface area (Å²) in [6.45, 7) is 5.48. The van der Waals surface area contributed by atoms with Crippen LogP contribution in [0.1, 0.15) is 6.92 Å². The van der Waals surface area contributed by atoms with E-state index in [1.807, 2.05) is 30.8 Å². The maximum absolute atomic E-state index is 11.8. The Kier molecular flexibility index (Phi) is 9.45. The number of likely N-dealkylation sites (N-methyl/N-ethyl adjacent to an activating group) is 1. The van der Waals surface area contributed by atoms with Gasteiger partial charge in [0, 0.05) is 26.2 Å². The molecular weight excluding hydrogens is 237 g/mol. The van der Waals surface area contributed by atoms with Crippen LogP contribution in [0.5, 0.6) is 0 Å². The summed E-state index contributed by atoms with van der Waals surface area (Å²) >= 11 is 0. The molecule has 1 aliphatic rings. The molecule has 0 radical (unpaired) electrons. The quantitative estimate of drug-likeness (QED) is 0.769. The van der Waals surface area contributed by atoms with Gasteiger partial charge in [-0.1, -0.05) is 0 Å². The molecule has 1 atom stereocenters. The van der Waals surface area contributed by atoms with Crippen LogP contribution in [0.15, 0.2) is 0 Å². The summed E-state index contributed by atoms with van der Waals surface area (Å²) < 4.78 is 0. The van der Waals surface area contributed by atoms with Crippen LogP contribution in [0, 0.1) is 0 Å². The van der Waals surface area contributed by atoms with Crippen LogP contribution in [0.25, 0.3) is 0 Å². The van der Waals surface area contributed by atoms with Gasteiger partial charge < -0.3 is 10.2 Å². The number of hydrogen-bond acceptors (Lipinski definition) is 3. The van der Waals surface area contributed by atoms with Gasteiger partial charge in [0.1, 0.15) is 0 Å². The Bertz CT molecular complexity index is 184. The van der Waals surface area contributed by atoms with Crippen molar-refractivity contribution in [2.45, 2.75) is 13.0 Å². The van der Waals surface area contributed by atoms with E-state index in [1.54, 1.807) is 0 Å². The van der Waals surface area contributed by atoms with Gasteiger partial charge >= 0.3 is 0 Å². The Morgan fingerprint density at radius 1 is 1.27 bits per heavy atom. The van der Waals surface area contributed by atoms with Crippen LogP contribution in [0.2, 0.25) is 0 Å². The Hall–Kier alpha value is -0.0300. The number of rotatable bonds is 2. The molecule has 4 nitrogen and oxygen atoms in total. The van der Waals surface area contributed by atoms with Crippen molar-refractivity contribution in [2.75, 3.05) is 40.3 Å². The molecule has 1 saturated heterocycles. The number of carbonyl (C=O) groups is 1. The van der Waals surface area contributed by atoms with Crippen molar-refractivity contribution < 1.29 is 4.79 Å². The number of nitrogens with zero attached hydrogens (tertiary/aromatic N) is 2. The van der Waals surface area contributed by atoms with Crippen molar-refractivity contribution in [3.63, 3.8) is 0 Å². The zero-order chi connectivity index (χ0) is 9.84. The second-order valence-electron chi connectivity index (χ2n) is 3.71. The van der Waals surface area contributed by atoms with E-state index >= 15 is 0 Å². The zero-order valence-corrected chi connectivity index (χ0v) is 11.2. The highest BCUT2D eigenvalue weighted by molar-refractivity contribution is 5.85. The third-order valence-corrected chi connectivity index (χ3v) is 2.56. The number of nitrogens with one attached hydrogen (secondary N) is 1. The predicted molar refractivity (Wildman–Crippen MR) is 67.1 cm³/mol. The highest BCUT2D eigenvalue weighted by Gasteiger charge is 2.22. The minimum atomic E-state index is -0.00176. The third-order valence-electron chi connectivity index (χ3n) is 2.56. The second-order valence-corrected chi connectivity index (χ2v) is 3.71. The Labute approximate surface area is 104 Å². The Morgan fingerprint density at radius 3 is 2.13 bits per heavy atom. The summed E-state index contributed by atoms with van der Waals surface area (Å²) in [5, 5.41) is 3.23. The minimum absolute atomic E-state index is 0. The maximum atomic E-state index is 11.8. The second kappa shape index (κ2) is 8.16. The average Bonchev–Trinajstić information content (AvgIpc) is 2.17. The molecule has 0 bridgehead atoms. The molecule has 0 saturated carbocycles. The fourth-order valence-corrected chi connectivity index (χ4v) is 1.37. The van der Waals surface area contributed by atoms with E-state index in [9.17, 15) is 4.79 Å². The molecule has 0 aliphatic carbocycles. The van der Waals surface area contributed by atoms with Gasteiger partial charge in [0.2, 0.25) is 5.91 Å². The van der Waals surface area contributed by atoms with Crippen molar-refractivity contribution in [3.8, 4) is 0 Å². The smallest absolute Gasteiger partial charge is 0.239 e. The normalized spacial score (nSPS) is 17.7. The maximum Gasteiger partial charge on any atom is 0.239 e. The summed E-state index contributed by atoms with van der Waals surface area (Å²) in [5.74, 6) is 0.242. The van der Waals surface area contributed by atoms with Gasteiger partial charge in [-0.2, -0.15) is 0 Å². The molecule has 0 aromatic heterocycles. The van der Waals surface area contributed by atoms with Gasteiger partial charge in [-0.25, -0.2) is 0 Å². The van der Waals surface area contributed by atoms with Crippen LogP contribution in [0.4, 0.5) is 0 Å². The van der Waals surface area contributed by atoms with Gasteiger partial charge in [-0.3, -0.25) is 9.69 Å². The number of hydrogen-bond donors (Lipinski definition) is 1. The van der Waals surface area contributed by atoms with Gasteiger partial charge in [-0.15, -0.1) is 24.8 Å². The van der Waals surface area contributed by atoms with Crippen molar-refractivity contribution in [3.05, 3.63) is 0 Å². The molecule has 1 N–H and O–H groups in total. The Morgan fingerprint density at radius 2 is 1.73 bits per heavy atom. The van der Waals surface area contributed by atoms with Crippen LogP contribution < -0.4 is 5.32 Å². The summed E-state index contributed by atoms with van der Waals surface area (Å²) in [6, 6.07) is -0.00176. The summed E-state index contributed by atoms with van der Waals surface area (Å²) in [5.41, 5.74) is 0. The molecule has 1 fully saturated rings. The highest BCUT2D eigenvalue weighted by atomic mass is 35.5. The highest BCUT2D eigenvalue weighted by Crippen LogP contribution is 2.01. The molecule has 92 valence electrons. The summed E-state index contributed by atoms with van der Waals surface area (Å²) in [4.78, 5) is 15.7. The fraction of sp³-hybridized carbons (Fsp3) is 0.889. The molecule has 1 rings (SSSR count). The van der Waals surface area contributed by atoms with Gasteiger partial charge in [-0.05, 0) is 21.0 Å². The largest absolute Gasteiger partial charge is 0.339 e. The molecular formula is C9H21Cl2N3O. The lowest BCUT2D eigenvalue weighted by atomic mass is 10.2. The number of halogens is 2. The molecule has 15 heavy (non-hydrogen) atoms. The van der Waals surface area contributed by atoms with E-state index in [0.29, 0.717) is 0 Å². The van der Waals surface area contributed by atoms with Crippen molar-refractivity contribution in [1.82, 2.24) is 15.1 Å². The SMILES string of the molecule is C[C@@H](C(=O)N1CCNCC1)N(C)C.Cl.Cl. The molecule has 0 spiro atoms. The van der Waals surface area contributed by atoms with Gasteiger partial charge in [0.25, 0.3) is 0 Å². The van der Waals surface area contributed by atoms with Gasteiger partial charge in [0.15, 0.2) is 0 Å². The fourth-order valence-electron chi connectivity index (χ4n) is 1.37. The monoisotopic (exact) mass is 257 g/mol. The molecule has 6 heteroatoms. The zero-order valence-electron chi connectivity index (χ0n) is 9.52. The molecule has 0 unspecified atom stereocenters. The standard InChI is InChI=1S/C9H19N3O.2ClH/c1-8(11(2)3)9(13)12-6-4-10-5-7-12;;/h8,10H,4-7H2,1-3H3;2*1H/t8-;;/m0../s1. The first-order valence-corrected chi connectivity index (χ1v) is 4.79. The van der Waals surface area contributed by atoms with Crippen molar-refractivity contribution in [2.24, 2.45) is 0 Å². The lowest BCUT2D eigenvalue weighted by Gasteiger charge is -2.31. The minimum Gasteiger partial charge on any atom is -0.339 e. The molecule has 0 aromatic rings. The average molecular weight is 258 g/mol. The number of piperazine rings is 1. The van der Waals surface area contributed by atoms with Crippen LogP contribution >= 0.6 is 24.8 Å². The first-order chi connectivity index (χ1) is 6.13. The van der Waals surface area contributed by atoms with Crippen LogP contribution in [-0.2, 0) is 4.79 Å². The van der Waals surface area contributed by atoms with E-state index in [4.69, 9.17) is 0 Å². The topological polar surface area (TPSA) is 35.6 Å². The van der Waals surface area contributed by atoms with Gasteiger partial charge in [0.05, 0.1) is 6.04 Å². The van der Waals surface area contributed by atoms with Crippen molar-refractivity contribution >= 4 is 30.7 Å². The van der Waals surface area contributed by atoms with E-state index in [1.165, 1.54) is 0 Å². The first kappa shape index (κ1) is 17.4. The lowest BCUT2D eigenvalue weighted by Crippen LogP contribution is -2.51. The third kappa shape index (κ3) is 5.02. The van der Waals surface area contributed by atoms with Crippen LogP contribution in [-0.4, -0.2) is 62.0 Å². The molecule has 1 heterocycles. The predicted octanol–water partition coefficient (Wildman–Crippen LogP) is 0.212.